The van der Waals surface area contributed by atoms with Crippen LogP contribution in [0.1, 0.15) is 32.8 Å². The van der Waals surface area contributed by atoms with Gasteiger partial charge in [0.1, 0.15) is 0 Å². The number of dihydropyridines is 1. The third kappa shape index (κ3) is 2.26. The third-order valence-electron chi connectivity index (χ3n) is 4.33. The first-order valence-corrected chi connectivity index (χ1v) is 7.22. The Labute approximate surface area is 120 Å². The molecule has 0 spiro atoms. The monoisotopic (exact) mass is 264 g/mol. The fourth-order valence-corrected chi connectivity index (χ4v) is 3.01. The predicted octanol–water partition coefficient (Wildman–Crippen LogP) is 4.22. The highest BCUT2D eigenvalue weighted by Crippen LogP contribution is 2.41. The lowest BCUT2D eigenvalue weighted by molar-refractivity contribution is 0.711. The van der Waals surface area contributed by atoms with E-state index < -0.39 is 0 Å². The molecule has 0 fully saturated rings. The lowest BCUT2D eigenvalue weighted by Gasteiger charge is -2.19. The molecule has 0 saturated carbocycles. The van der Waals surface area contributed by atoms with Crippen molar-refractivity contribution < 1.29 is 0 Å². The van der Waals surface area contributed by atoms with Crippen LogP contribution in [-0.2, 0) is 0 Å². The predicted molar refractivity (Wildman–Crippen MR) is 84.7 cm³/mol. The summed E-state index contributed by atoms with van der Waals surface area (Å²) >= 11 is 0. The molecule has 0 bridgehead atoms. The molecule has 20 heavy (non-hydrogen) atoms. The molecule has 2 heterocycles. The summed E-state index contributed by atoms with van der Waals surface area (Å²) in [5.41, 5.74) is 6.95. The molecule has 0 saturated heterocycles. The zero-order valence-electron chi connectivity index (χ0n) is 12.3. The van der Waals surface area contributed by atoms with Gasteiger partial charge in [-0.1, -0.05) is 18.6 Å². The van der Waals surface area contributed by atoms with Crippen molar-refractivity contribution >= 4 is 11.8 Å². The van der Waals surface area contributed by atoms with Crippen LogP contribution in [0.25, 0.3) is 5.57 Å². The number of aromatic nitrogens is 1. The SMILES string of the molecule is CC1=C(c2ccncc2)C=C(C2=CC=NC(C)C2)C1C. The Morgan fingerprint density at radius 2 is 1.90 bits per heavy atom. The van der Waals surface area contributed by atoms with Crippen molar-refractivity contribution in [2.75, 3.05) is 0 Å². The summed E-state index contributed by atoms with van der Waals surface area (Å²) in [6.45, 7) is 6.71. The largest absolute Gasteiger partial charge is 0.290 e. The summed E-state index contributed by atoms with van der Waals surface area (Å²) in [5.74, 6) is 0.489. The van der Waals surface area contributed by atoms with Crippen LogP contribution in [-0.4, -0.2) is 17.2 Å². The van der Waals surface area contributed by atoms with Gasteiger partial charge in [-0.15, -0.1) is 0 Å². The number of pyridine rings is 1. The van der Waals surface area contributed by atoms with E-state index in [-0.39, 0.29) is 0 Å². The molecule has 0 radical (unpaired) electrons. The van der Waals surface area contributed by atoms with E-state index in [1.165, 1.54) is 27.9 Å². The van der Waals surface area contributed by atoms with Crippen LogP contribution in [0.4, 0.5) is 0 Å². The second-order valence-corrected chi connectivity index (χ2v) is 5.70. The molecule has 2 aliphatic rings. The maximum atomic E-state index is 4.42. The normalized spacial score (nSPS) is 25.8. The van der Waals surface area contributed by atoms with E-state index in [1.807, 2.05) is 18.6 Å². The topological polar surface area (TPSA) is 25.2 Å². The number of aliphatic imine (C=N–C) groups is 1. The van der Waals surface area contributed by atoms with Crippen LogP contribution in [0.5, 0.6) is 0 Å². The number of nitrogens with zero attached hydrogens (tertiary/aromatic N) is 2. The lowest BCUT2D eigenvalue weighted by atomic mass is 9.88. The molecule has 1 aromatic heterocycles. The Hall–Kier alpha value is -1.96. The highest BCUT2D eigenvalue weighted by atomic mass is 14.8. The highest BCUT2D eigenvalue weighted by Gasteiger charge is 2.25. The molecule has 0 amide bonds. The smallest absolute Gasteiger partial charge is 0.0511 e. The molecule has 2 unspecified atom stereocenters. The minimum Gasteiger partial charge on any atom is -0.290 e. The fourth-order valence-electron chi connectivity index (χ4n) is 3.01. The van der Waals surface area contributed by atoms with E-state index in [4.69, 9.17) is 0 Å². The van der Waals surface area contributed by atoms with Gasteiger partial charge in [0.15, 0.2) is 0 Å². The Bertz CT molecular complexity index is 633. The van der Waals surface area contributed by atoms with Crippen molar-refractivity contribution in [1.82, 2.24) is 4.98 Å². The van der Waals surface area contributed by atoms with E-state index in [2.05, 4.69) is 55.0 Å². The van der Waals surface area contributed by atoms with Crippen molar-refractivity contribution in [1.29, 1.82) is 0 Å². The van der Waals surface area contributed by atoms with Gasteiger partial charge in [0.2, 0.25) is 0 Å². The summed E-state index contributed by atoms with van der Waals surface area (Å²) in [6.07, 6.45) is 11.2. The highest BCUT2D eigenvalue weighted by molar-refractivity contribution is 5.84. The van der Waals surface area contributed by atoms with Gasteiger partial charge in [0.05, 0.1) is 6.04 Å². The van der Waals surface area contributed by atoms with Crippen LogP contribution in [0.2, 0.25) is 0 Å². The zero-order valence-corrected chi connectivity index (χ0v) is 12.3. The van der Waals surface area contributed by atoms with Gasteiger partial charge in [-0.25, -0.2) is 0 Å². The van der Waals surface area contributed by atoms with Crippen molar-refractivity contribution in [2.45, 2.75) is 33.2 Å². The summed E-state index contributed by atoms with van der Waals surface area (Å²) in [7, 11) is 0. The van der Waals surface area contributed by atoms with E-state index in [0.717, 1.165) is 6.42 Å². The van der Waals surface area contributed by atoms with Gasteiger partial charge < -0.3 is 0 Å². The Morgan fingerprint density at radius 3 is 2.60 bits per heavy atom. The van der Waals surface area contributed by atoms with Crippen molar-refractivity contribution in [2.24, 2.45) is 10.9 Å². The number of hydrogen-bond donors (Lipinski definition) is 0. The first-order chi connectivity index (χ1) is 9.66. The van der Waals surface area contributed by atoms with E-state index in [0.29, 0.717) is 12.0 Å². The molecular weight excluding hydrogens is 244 g/mol. The van der Waals surface area contributed by atoms with Gasteiger partial charge in [-0.2, -0.15) is 0 Å². The van der Waals surface area contributed by atoms with Crippen molar-refractivity contribution in [3.63, 3.8) is 0 Å². The summed E-state index contributed by atoms with van der Waals surface area (Å²) in [6, 6.07) is 4.57. The Kier molecular flexibility index (Phi) is 3.39. The molecule has 2 nitrogen and oxygen atoms in total. The molecule has 102 valence electrons. The maximum absolute atomic E-state index is 4.42. The minimum absolute atomic E-state index is 0.397. The molecule has 1 aromatic rings. The lowest BCUT2D eigenvalue weighted by Crippen LogP contribution is -2.09. The second kappa shape index (κ2) is 5.20. The Morgan fingerprint density at radius 1 is 1.15 bits per heavy atom. The molecule has 3 rings (SSSR count). The van der Waals surface area contributed by atoms with Gasteiger partial charge >= 0.3 is 0 Å². The summed E-state index contributed by atoms with van der Waals surface area (Å²) in [5, 5.41) is 0. The Balaban J connectivity index is 1.97. The number of allylic oxidation sites excluding steroid dienone is 5. The molecule has 2 atom stereocenters. The van der Waals surface area contributed by atoms with Crippen LogP contribution >= 0.6 is 0 Å². The van der Waals surface area contributed by atoms with Gasteiger partial charge in [0.25, 0.3) is 0 Å². The van der Waals surface area contributed by atoms with Gasteiger partial charge in [-0.3, -0.25) is 9.98 Å². The average Bonchev–Trinajstić information content (AvgIpc) is 2.76. The van der Waals surface area contributed by atoms with Crippen molar-refractivity contribution in [3.05, 3.63) is 59.0 Å². The fraction of sp³-hybridized carbons (Fsp3) is 0.333. The standard InChI is InChI=1S/C18H20N2/c1-12-10-16(6-9-20-12)18-11-17(13(2)14(18)3)15-4-7-19-8-5-15/h4-9,11-12,14H,10H2,1-3H3. The van der Waals surface area contributed by atoms with Crippen LogP contribution in [0.15, 0.2) is 58.4 Å². The van der Waals surface area contributed by atoms with E-state index >= 15 is 0 Å². The molecular formula is C18H20N2. The van der Waals surface area contributed by atoms with Crippen LogP contribution in [0.3, 0.4) is 0 Å². The molecule has 0 N–H and O–H groups in total. The minimum atomic E-state index is 0.397. The number of rotatable bonds is 2. The first kappa shape index (κ1) is 13.0. The summed E-state index contributed by atoms with van der Waals surface area (Å²) < 4.78 is 0. The van der Waals surface area contributed by atoms with E-state index in [9.17, 15) is 0 Å². The summed E-state index contributed by atoms with van der Waals surface area (Å²) in [4.78, 5) is 8.53. The van der Waals surface area contributed by atoms with E-state index in [1.54, 1.807) is 0 Å². The quantitative estimate of drug-likeness (QED) is 0.785. The van der Waals surface area contributed by atoms with Crippen LogP contribution < -0.4 is 0 Å². The van der Waals surface area contributed by atoms with Gasteiger partial charge in [0, 0.05) is 24.5 Å². The second-order valence-electron chi connectivity index (χ2n) is 5.70. The zero-order chi connectivity index (χ0) is 14.1. The van der Waals surface area contributed by atoms with Gasteiger partial charge in [-0.05, 0) is 60.8 Å². The molecule has 2 heteroatoms. The maximum Gasteiger partial charge on any atom is 0.0511 e. The number of hydrogen-bond acceptors (Lipinski definition) is 2. The van der Waals surface area contributed by atoms with Crippen molar-refractivity contribution in [3.8, 4) is 0 Å². The third-order valence-corrected chi connectivity index (χ3v) is 4.33. The van der Waals surface area contributed by atoms with Crippen LogP contribution in [0, 0.1) is 5.92 Å². The molecule has 1 aliphatic carbocycles. The average molecular weight is 264 g/mol. The molecule has 1 aliphatic heterocycles. The first-order valence-electron chi connectivity index (χ1n) is 7.22. The molecule has 0 aromatic carbocycles.